The highest BCUT2D eigenvalue weighted by Crippen LogP contribution is 2.09. The third-order valence-electron chi connectivity index (χ3n) is 9.57. The van der Waals surface area contributed by atoms with Gasteiger partial charge in [0.2, 0.25) is 0 Å². The van der Waals surface area contributed by atoms with E-state index in [1.165, 1.54) is 0 Å². The Bertz CT molecular complexity index is 1460. The van der Waals surface area contributed by atoms with Gasteiger partial charge in [0.1, 0.15) is 6.61 Å². The Morgan fingerprint density at radius 2 is 0.703 bits per heavy atom. The number of rotatable bonds is 43. The molecule has 0 aliphatic rings. The van der Waals surface area contributed by atoms with Crippen LogP contribution in [0.5, 0.6) is 0 Å². The smallest absolute Gasteiger partial charge is 0.310 e. The molecule has 5 nitrogen and oxygen atoms in total. The molecule has 0 radical (unpaired) electrons. The van der Waals surface area contributed by atoms with Crippen LogP contribution in [0.3, 0.4) is 0 Å². The van der Waals surface area contributed by atoms with Gasteiger partial charge in [0, 0.05) is 13.0 Å². The average Bonchev–Trinajstić information content (AvgIpc) is 3.30. The molecule has 0 amide bonds. The fraction of sp³-hybridized carbons (Fsp3) is 0.525. The Morgan fingerprint density at radius 1 is 0.359 bits per heavy atom. The molecule has 0 aliphatic carbocycles. The van der Waals surface area contributed by atoms with Gasteiger partial charge in [-0.15, -0.1) is 0 Å². The van der Waals surface area contributed by atoms with E-state index >= 15 is 0 Å². The summed E-state index contributed by atoms with van der Waals surface area (Å²) < 4.78 is 17.2. The molecule has 1 unspecified atom stereocenters. The number of carbonyl (C=O) groups is 2. The molecule has 0 saturated heterocycles. The molecule has 5 heteroatoms. The van der Waals surface area contributed by atoms with Crippen LogP contribution in [0.2, 0.25) is 0 Å². The van der Waals surface area contributed by atoms with Crippen molar-refractivity contribution in [3.05, 3.63) is 158 Å². The topological polar surface area (TPSA) is 61.8 Å². The van der Waals surface area contributed by atoms with E-state index < -0.39 is 6.10 Å². The first-order chi connectivity index (χ1) is 31.6. The van der Waals surface area contributed by atoms with E-state index in [9.17, 15) is 9.59 Å². The van der Waals surface area contributed by atoms with Gasteiger partial charge in [-0.2, -0.15) is 0 Å². The highest BCUT2D eigenvalue weighted by Gasteiger charge is 2.17. The van der Waals surface area contributed by atoms with E-state index in [1.54, 1.807) is 0 Å². The number of unbranched alkanes of at least 4 members (excludes halogenated alkanes) is 7. The maximum Gasteiger partial charge on any atom is 0.310 e. The Kier molecular flexibility index (Phi) is 49.2. The molecule has 0 fully saturated rings. The minimum absolute atomic E-state index is 0.00718. The van der Waals surface area contributed by atoms with Crippen LogP contribution in [0, 0.1) is 0 Å². The lowest BCUT2D eigenvalue weighted by molar-refractivity contribution is -0.162. The molecule has 0 heterocycles. The zero-order valence-corrected chi connectivity index (χ0v) is 40.7. The van der Waals surface area contributed by atoms with E-state index in [2.05, 4.69) is 167 Å². The van der Waals surface area contributed by atoms with Crippen LogP contribution in [0.15, 0.2) is 158 Å². The summed E-state index contributed by atoms with van der Waals surface area (Å²) >= 11 is 0. The number of hydrogen-bond donors (Lipinski definition) is 0. The lowest BCUT2D eigenvalue weighted by Gasteiger charge is -2.18. The van der Waals surface area contributed by atoms with Crippen molar-refractivity contribution in [3.8, 4) is 0 Å². The van der Waals surface area contributed by atoms with Crippen molar-refractivity contribution in [2.24, 2.45) is 0 Å². The quantitative estimate of drug-likeness (QED) is 0.0347. The standard InChI is InChI=1S/C59H90O5/c1-4-7-10-13-16-19-22-25-28-29-30-31-33-34-37-40-43-46-49-52-58(60)63-56-57(55-62-54-51-48-45-42-39-36-27-24-21-18-15-12-9-6-3)64-59(61)53-50-47-44-41-38-35-32-26-23-20-17-14-11-8-5-2/h7-12,16-21,25-28,30-32,34,36-38,41,47,50,57H,4-6,13-15,22-24,29,33,35,39-40,42-46,48-49,51-56H2,1-3H3/b10-7-,11-8-,12-9-,19-16-,20-17-,21-18-,28-25-,31-30-,32-26-,36-27-,37-34-,41-38-,50-47-. The van der Waals surface area contributed by atoms with Crippen LogP contribution in [0.4, 0.5) is 0 Å². The predicted molar refractivity (Wildman–Crippen MR) is 278 cm³/mol. The molecule has 0 N–H and O–H groups in total. The number of esters is 2. The van der Waals surface area contributed by atoms with Crippen molar-refractivity contribution in [2.75, 3.05) is 19.8 Å². The van der Waals surface area contributed by atoms with Crippen LogP contribution in [-0.2, 0) is 23.8 Å². The van der Waals surface area contributed by atoms with E-state index in [0.717, 1.165) is 141 Å². The summed E-state index contributed by atoms with van der Waals surface area (Å²) in [5.41, 5.74) is 0. The van der Waals surface area contributed by atoms with Crippen molar-refractivity contribution in [1.29, 1.82) is 0 Å². The van der Waals surface area contributed by atoms with E-state index in [0.29, 0.717) is 13.0 Å². The average molecular weight is 879 g/mol. The largest absolute Gasteiger partial charge is 0.462 e. The van der Waals surface area contributed by atoms with E-state index in [1.807, 2.05) is 12.2 Å². The summed E-state index contributed by atoms with van der Waals surface area (Å²) in [6.45, 7) is 7.26. The zero-order valence-electron chi connectivity index (χ0n) is 40.7. The van der Waals surface area contributed by atoms with Gasteiger partial charge in [0.15, 0.2) is 6.10 Å². The number of carbonyl (C=O) groups excluding carboxylic acids is 2. The number of ether oxygens (including phenoxy) is 3. The van der Waals surface area contributed by atoms with Crippen molar-refractivity contribution in [2.45, 2.75) is 181 Å². The second-order valence-corrected chi connectivity index (χ2v) is 15.6. The van der Waals surface area contributed by atoms with Crippen molar-refractivity contribution in [3.63, 3.8) is 0 Å². The maximum absolute atomic E-state index is 12.7. The van der Waals surface area contributed by atoms with Crippen LogP contribution in [-0.4, -0.2) is 37.9 Å². The molecule has 0 aromatic rings. The molecule has 0 aliphatic heterocycles. The third-order valence-corrected chi connectivity index (χ3v) is 9.57. The molecule has 0 saturated carbocycles. The third kappa shape index (κ3) is 50.2. The normalized spacial score (nSPS) is 13.6. The monoisotopic (exact) mass is 879 g/mol. The van der Waals surface area contributed by atoms with Gasteiger partial charge in [0.05, 0.1) is 13.0 Å². The van der Waals surface area contributed by atoms with Gasteiger partial charge in [-0.3, -0.25) is 9.59 Å². The van der Waals surface area contributed by atoms with Gasteiger partial charge >= 0.3 is 11.9 Å². The van der Waals surface area contributed by atoms with Gasteiger partial charge in [0.25, 0.3) is 0 Å². The number of hydrogen-bond acceptors (Lipinski definition) is 5. The second kappa shape index (κ2) is 52.9. The molecule has 0 spiro atoms. The fourth-order valence-electron chi connectivity index (χ4n) is 5.98. The van der Waals surface area contributed by atoms with Gasteiger partial charge < -0.3 is 14.2 Å². The van der Waals surface area contributed by atoms with Crippen molar-refractivity contribution in [1.82, 2.24) is 0 Å². The summed E-state index contributed by atoms with van der Waals surface area (Å²) in [5.74, 6) is -0.610. The van der Waals surface area contributed by atoms with E-state index in [4.69, 9.17) is 14.2 Å². The Balaban J connectivity index is 4.52. The SMILES string of the molecule is CC/C=C\C/C=C\C/C=C\C/C=C\C/C=C\CCCCCC(=O)OCC(COCCCCCC/C=C\C/C=C\C/C=C\CC)OC(=O)C/C=C\C/C=C\C/C=C\C/C=C\C/C=C\CC. The Hall–Kier alpha value is -4.48. The molecule has 64 heavy (non-hydrogen) atoms. The molecule has 1 atom stereocenters. The lowest BCUT2D eigenvalue weighted by atomic mass is 10.1. The van der Waals surface area contributed by atoms with Crippen molar-refractivity contribution >= 4 is 11.9 Å². The summed E-state index contributed by atoms with van der Waals surface area (Å²) in [6, 6.07) is 0. The first-order valence-electron chi connectivity index (χ1n) is 25.0. The summed E-state index contributed by atoms with van der Waals surface area (Å²) in [5, 5.41) is 0. The first-order valence-corrected chi connectivity index (χ1v) is 25.0. The summed E-state index contributed by atoms with van der Waals surface area (Å²) in [4.78, 5) is 25.3. The zero-order chi connectivity index (χ0) is 46.3. The molecule has 356 valence electrons. The van der Waals surface area contributed by atoms with E-state index in [-0.39, 0.29) is 31.6 Å². The Morgan fingerprint density at radius 3 is 1.11 bits per heavy atom. The second-order valence-electron chi connectivity index (χ2n) is 15.6. The highest BCUT2D eigenvalue weighted by molar-refractivity contribution is 5.71. The summed E-state index contributed by atoms with van der Waals surface area (Å²) in [6.07, 6.45) is 78.5. The molecule has 0 aromatic carbocycles. The fourth-order valence-corrected chi connectivity index (χ4v) is 5.98. The minimum Gasteiger partial charge on any atom is -0.462 e. The summed E-state index contributed by atoms with van der Waals surface area (Å²) in [7, 11) is 0. The predicted octanol–water partition coefficient (Wildman–Crippen LogP) is 17.1. The first kappa shape index (κ1) is 59.5. The number of allylic oxidation sites excluding steroid dienone is 25. The Labute approximate surface area is 393 Å². The minimum atomic E-state index is -0.628. The molecule has 0 aromatic heterocycles. The van der Waals surface area contributed by atoms with Crippen molar-refractivity contribution < 1.29 is 23.8 Å². The molecular weight excluding hydrogens is 789 g/mol. The van der Waals surface area contributed by atoms with Gasteiger partial charge in [-0.25, -0.2) is 0 Å². The van der Waals surface area contributed by atoms with Crippen LogP contribution < -0.4 is 0 Å². The maximum atomic E-state index is 12.7. The van der Waals surface area contributed by atoms with Crippen LogP contribution in [0.25, 0.3) is 0 Å². The lowest BCUT2D eigenvalue weighted by Crippen LogP contribution is -2.29. The van der Waals surface area contributed by atoms with Gasteiger partial charge in [-0.1, -0.05) is 198 Å². The van der Waals surface area contributed by atoms with Gasteiger partial charge in [-0.05, 0) is 122 Å². The molecular formula is C59H90O5. The van der Waals surface area contributed by atoms with Crippen LogP contribution in [0.1, 0.15) is 175 Å². The van der Waals surface area contributed by atoms with Crippen LogP contribution >= 0.6 is 0 Å². The highest BCUT2D eigenvalue weighted by atomic mass is 16.6. The molecule has 0 bridgehead atoms. The molecule has 0 rings (SSSR count).